The van der Waals surface area contributed by atoms with E-state index in [4.69, 9.17) is 0 Å². The van der Waals surface area contributed by atoms with Crippen LogP contribution < -0.4 is 10.0 Å². The van der Waals surface area contributed by atoms with Crippen LogP contribution in [0, 0.1) is 10.1 Å². The lowest BCUT2D eigenvalue weighted by atomic mass is 10.2. The number of anilines is 1. The fourth-order valence-corrected chi connectivity index (χ4v) is 2.70. The van der Waals surface area contributed by atoms with E-state index >= 15 is 0 Å². The van der Waals surface area contributed by atoms with Crippen molar-refractivity contribution < 1.29 is 13.3 Å². The summed E-state index contributed by atoms with van der Waals surface area (Å²) in [5.74, 6) is 0. The van der Waals surface area contributed by atoms with Gasteiger partial charge in [-0.25, -0.2) is 13.1 Å². The Morgan fingerprint density at radius 2 is 1.67 bits per heavy atom. The number of nitro benzene ring substituents is 1. The van der Waals surface area contributed by atoms with E-state index in [0.717, 1.165) is 11.0 Å². The average Bonchev–Trinajstić information content (AvgIpc) is 2.58. The number of nitro groups is 1. The lowest BCUT2D eigenvalue weighted by Gasteiger charge is -2.06. The predicted octanol–water partition coefficient (Wildman–Crippen LogP) is 2.60. The fraction of sp³-hybridized carbons (Fsp3) is 0.125. The molecule has 0 saturated heterocycles. The number of non-ortho nitro benzene ring substituents is 1. The Kier molecular flexibility index (Phi) is 6.05. The number of hydrogen-bond acceptors (Lipinski definition) is 5. The van der Waals surface area contributed by atoms with E-state index in [1.807, 2.05) is 30.3 Å². The summed E-state index contributed by atoms with van der Waals surface area (Å²) in [7, 11) is -3.51. The van der Waals surface area contributed by atoms with Gasteiger partial charge in [-0.15, -0.1) is 0 Å². The summed E-state index contributed by atoms with van der Waals surface area (Å²) < 4.78 is 26.1. The van der Waals surface area contributed by atoms with Crippen LogP contribution in [0.4, 0.5) is 11.4 Å². The van der Waals surface area contributed by atoms with Crippen LogP contribution in [0.3, 0.4) is 0 Å². The summed E-state index contributed by atoms with van der Waals surface area (Å²) in [6.45, 7) is 0.550. The van der Waals surface area contributed by atoms with Crippen molar-refractivity contribution in [2.75, 3.05) is 18.4 Å². The van der Waals surface area contributed by atoms with Crippen LogP contribution in [0.1, 0.15) is 5.56 Å². The Morgan fingerprint density at radius 3 is 2.29 bits per heavy atom. The van der Waals surface area contributed by atoms with Crippen LogP contribution >= 0.6 is 0 Å². The number of hydrogen-bond donors (Lipinski definition) is 2. The highest BCUT2D eigenvalue weighted by molar-refractivity contribution is 7.92. The molecular formula is C16H17N3O4S. The van der Waals surface area contributed by atoms with Gasteiger partial charge in [-0.3, -0.25) is 10.1 Å². The number of sulfonamides is 1. The van der Waals surface area contributed by atoms with Gasteiger partial charge >= 0.3 is 0 Å². The molecule has 0 unspecified atom stereocenters. The Morgan fingerprint density at radius 1 is 1.00 bits per heavy atom. The van der Waals surface area contributed by atoms with Crippen molar-refractivity contribution in [3.8, 4) is 0 Å². The van der Waals surface area contributed by atoms with Crippen molar-refractivity contribution in [2.24, 2.45) is 0 Å². The third-order valence-electron chi connectivity index (χ3n) is 3.07. The first kappa shape index (κ1) is 17.6. The molecule has 0 saturated carbocycles. The van der Waals surface area contributed by atoms with Crippen LogP contribution in [0.5, 0.6) is 0 Å². The summed E-state index contributed by atoms with van der Waals surface area (Å²) in [5, 5.41) is 14.7. The number of rotatable bonds is 8. The second kappa shape index (κ2) is 8.23. The van der Waals surface area contributed by atoms with E-state index in [1.54, 1.807) is 12.1 Å². The van der Waals surface area contributed by atoms with Gasteiger partial charge in [-0.05, 0) is 23.8 Å². The number of nitrogens with zero attached hydrogens (tertiary/aromatic N) is 1. The molecule has 0 aliphatic heterocycles. The Bertz CT molecular complexity index is 803. The maximum atomic E-state index is 11.8. The Labute approximate surface area is 140 Å². The van der Waals surface area contributed by atoms with E-state index in [-0.39, 0.29) is 12.2 Å². The summed E-state index contributed by atoms with van der Waals surface area (Å²) >= 11 is 0. The standard InChI is InChI=1S/C16H17N3O4S/c20-19(21)16-8-6-15(7-9-16)17-11-12-18-24(22,23)13-10-14-4-2-1-3-5-14/h1-10,13,17-18H,11-12H2/b13-10+. The molecule has 0 aliphatic carbocycles. The number of benzene rings is 2. The molecule has 7 nitrogen and oxygen atoms in total. The third-order valence-corrected chi connectivity index (χ3v) is 4.18. The largest absolute Gasteiger partial charge is 0.384 e. The molecule has 2 rings (SSSR count). The first-order chi connectivity index (χ1) is 11.5. The van der Waals surface area contributed by atoms with Gasteiger partial charge < -0.3 is 5.32 Å². The molecule has 2 aromatic carbocycles. The van der Waals surface area contributed by atoms with Gasteiger partial charge in [0.2, 0.25) is 10.0 Å². The second-order valence-corrected chi connectivity index (χ2v) is 6.53. The Balaban J connectivity index is 1.78. The highest BCUT2D eigenvalue weighted by Crippen LogP contribution is 2.14. The summed E-state index contributed by atoms with van der Waals surface area (Å²) in [4.78, 5) is 10.1. The highest BCUT2D eigenvalue weighted by Gasteiger charge is 2.05. The van der Waals surface area contributed by atoms with Crippen molar-refractivity contribution >= 4 is 27.5 Å². The molecule has 8 heteroatoms. The molecule has 0 radical (unpaired) electrons. The molecule has 0 aromatic heterocycles. The molecule has 0 atom stereocenters. The van der Waals surface area contributed by atoms with Crippen molar-refractivity contribution in [1.29, 1.82) is 0 Å². The summed E-state index contributed by atoms with van der Waals surface area (Å²) in [6.07, 6.45) is 1.52. The number of nitrogens with one attached hydrogen (secondary N) is 2. The van der Waals surface area contributed by atoms with Gasteiger partial charge in [-0.1, -0.05) is 30.3 Å². The van der Waals surface area contributed by atoms with E-state index in [9.17, 15) is 18.5 Å². The summed E-state index contributed by atoms with van der Waals surface area (Å²) in [5.41, 5.74) is 1.49. The van der Waals surface area contributed by atoms with Gasteiger partial charge in [0.25, 0.3) is 5.69 Å². The molecule has 0 heterocycles. The predicted molar refractivity (Wildman–Crippen MR) is 94.0 cm³/mol. The molecule has 0 fully saturated rings. The molecule has 24 heavy (non-hydrogen) atoms. The maximum absolute atomic E-state index is 11.8. The van der Waals surface area contributed by atoms with Gasteiger partial charge in [0.1, 0.15) is 0 Å². The van der Waals surface area contributed by atoms with Gasteiger partial charge in [0.05, 0.1) is 4.92 Å². The zero-order valence-electron chi connectivity index (χ0n) is 12.8. The van der Waals surface area contributed by atoms with E-state index in [0.29, 0.717) is 12.2 Å². The smallest absolute Gasteiger partial charge is 0.269 e. The SMILES string of the molecule is O=[N+]([O-])c1ccc(NCCNS(=O)(=O)/C=C/c2ccccc2)cc1. The van der Waals surface area contributed by atoms with Gasteiger partial charge in [-0.2, -0.15) is 0 Å². The minimum Gasteiger partial charge on any atom is -0.384 e. The lowest BCUT2D eigenvalue weighted by Crippen LogP contribution is -2.27. The first-order valence-electron chi connectivity index (χ1n) is 7.17. The van der Waals surface area contributed by atoms with Crippen molar-refractivity contribution in [3.05, 3.63) is 75.7 Å². The van der Waals surface area contributed by atoms with E-state index in [1.165, 1.54) is 18.2 Å². The zero-order chi connectivity index (χ0) is 17.4. The van der Waals surface area contributed by atoms with Gasteiger partial charge in [0.15, 0.2) is 0 Å². The lowest BCUT2D eigenvalue weighted by molar-refractivity contribution is -0.384. The summed E-state index contributed by atoms with van der Waals surface area (Å²) in [6, 6.07) is 15.0. The van der Waals surface area contributed by atoms with Gasteiger partial charge in [0, 0.05) is 36.3 Å². The molecule has 2 N–H and O–H groups in total. The maximum Gasteiger partial charge on any atom is 0.269 e. The topological polar surface area (TPSA) is 101 Å². The first-order valence-corrected chi connectivity index (χ1v) is 8.72. The van der Waals surface area contributed by atoms with Crippen LogP contribution in [0.25, 0.3) is 6.08 Å². The molecule has 0 aliphatic rings. The van der Waals surface area contributed by atoms with Crippen LogP contribution in [0.2, 0.25) is 0 Å². The highest BCUT2D eigenvalue weighted by atomic mass is 32.2. The van der Waals surface area contributed by atoms with Crippen LogP contribution in [-0.2, 0) is 10.0 Å². The minimum absolute atomic E-state index is 0.00676. The molecule has 0 amide bonds. The zero-order valence-corrected chi connectivity index (χ0v) is 13.6. The molecular weight excluding hydrogens is 330 g/mol. The second-order valence-electron chi connectivity index (χ2n) is 4.88. The third kappa shape index (κ3) is 5.82. The Hall–Kier alpha value is -2.71. The van der Waals surface area contributed by atoms with Crippen molar-refractivity contribution in [1.82, 2.24) is 4.72 Å². The normalized spacial score (nSPS) is 11.5. The van der Waals surface area contributed by atoms with Crippen molar-refractivity contribution in [2.45, 2.75) is 0 Å². The fourth-order valence-electron chi connectivity index (χ4n) is 1.88. The molecule has 126 valence electrons. The van der Waals surface area contributed by atoms with E-state index < -0.39 is 14.9 Å². The van der Waals surface area contributed by atoms with Crippen LogP contribution in [0.15, 0.2) is 60.0 Å². The quantitative estimate of drug-likeness (QED) is 0.434. The van der Waals surface area contributed by atoms with Crippen LogP contribution in [-0.4, -0.2) is 26.4 Å². The minimum atomic E-state index is -3.51. The average molecular weight is 347 g/mol. The molecule has 0 bridgehead atoms. The van der Waals surface area contributed by atoms with Crippen molar-refractivity contribution in [3.63, 3.8) is 0 Å². The molecule has 2 aromatic rings. The molecule has 0 spiro atoms. The monoisotopic (exact) mass is 347 g/mol. The van der Waals surface area contributed by atoms with E-state index in [2.05, 4.69) is 10.0 Å².